The molecule has 1 aliphatic rings. The quantitative estimate of drug-likeness (QED) is 0.924. The second-order valence-electron chi connectivity index (χ2n) is 5.92. The van der Waals surface area contributed by atoms with Crippen LogP contribution in [0.15, 0.2) is 18.3 Å². The summed E-state index contributed by atoms with van der Waals surface area (Å²) >= 11 is 0. The number of aliphatic carboxylic acids is 1. The SMILES string of the molecule is Cc1ccc(C(=O)N2CCCC(C(C)CC(=O)O)C2)cn1. The van der Waals surface area contributed by atoms with Crippen molar-refractivity contribution in [2.45, 2.75) is 33.1 Å². The zero-order valence-corrected chi connectivity index (χ0v) is 12.6. The van der Waals surface area contributed by atoms with Gasteiger partial charge in [0.05, 0.1) is 5.56 Å². The van der Waals surface area contributed by atoms with Crippen molar-refractivity contribution < 1.29 is 14.7 Å². The monoisotopic (exact) mass is 290 g/mol. The molecule has 1 amide bonds. The molecule has 1 fully saturated rings. The number of carbonyl (C=O) groups excluding carboxylic acids is 1. The number of carboxylic acids is 1. The molecule has 0 aromatic carbocycles. The van der Waals surface area contributed by atoms with Crippen molar-refractivity contribution in [3.63, 3.8) is 0 Å². The number of carboxylic acid groups (broad SMARTS) is 1. The molecular weight excluding hydrogens is 268 g/mol. The molecule has 0 spiro atoms. The first-order chi connectivity index (χ1) is 9.97. The molecule has 2 rings (SSSR count). The van der Waals surface area contributed by atoms with E-state index in [4.69, 9.17) is 5.11 Å². The molecule has 2 heterocycles. The smallest absolute Gasteiger partial charge is 0.303 e. The molecule has 5 heteroatoms. The molecule has 0 aliphatic carbocycles. The van der Waals surface area contributed by atoms with Crippen LogP contribution < -0.4 is 0 Å². The number of hydrogen-bond acceptors (Lipinski definition) is 3. The van der Waals surface area contributed by atoms with Crippen LogP contribution >= 0.6 is 0 Å². The van der Waals surface area contributed by atoms with Gasteiger partial charge in [-0.2, -0.15) is 0 Å². The Morgan fingerprint density at radius 3 is 2.86 bits per heavy atom. The highest BCUT2D eigenvalue weighted by molar-refractivity contribution is 5.94. The van der Waals surface area contributed by atoms with E-state index in [1.807, 2.05) is 24.8 Å². The minimum Gasteiger partial charge on any atom is -0.481 e. The van der Waals surface area contributed by atoms with Crippen LogP contribution in [-0.2, 0) is 4.79 Å². The Morgan fingerprint density at radius 1 is 1.48 bits per heavy atom. The highest BCUT2D eigenvalue weighted by Gasteiger charge is 2.28. The molecule has 1 aromatic rings. The number of aryl methyl sites for hydroxylation is 1. The number of likely N-dealkylation sites (tertiary alicyclic amines) is 1. The number of rotatable bonds is 4. The number of piperidine rings is 1. The lowest BCUT2D eigenvalue weighted by Gasteiger charge is -2.35. The molecule has 1 aromatic heterocycles. The largest absolute Gasteiger partial charge is 0.481 e. The average Bonchev–Trinajstić information content (AvgIpc) is 2.47. The molecule has 114 valence electrons. The maximum Gasteiger partial charge on any atom is 0.303 e. The highest BCUT2D eigenvalue weighted by Crippen LogP contribution is 2.26. The minimum atomic E-state index is -0.770. The standard InChI is InChI=1S/C16H22N2O3/c1-11(8-15(19)20)14-4-3-7-18(10-14)16(21)13-6-5-12(2)17-9-13/h5-6,9,11,14H,3-4,7-8,10H2,1-2H3,(H,19,20). The van der Waals surface area contributed by atoms with Crippen LogP contribution in [0, 0.1) is 18.8 Å². The highest BCUT2D eigenvalue weighted by atomic mass is 16.4. The van der Waals surface area contributed by atoms with Crippen LogP contribution in [0.4, 0.5) is 0 Å². The Hall–Kier alpha value is -1.91. The van der Waals surface area contributed by atoms with E-state index in [9.17, 15) is 9.59 Å². The lowest BCUT2D eigenvalue weighted by Crippen LogP contribution is -2.42. The van der Waals surface area contributed by atoms with Gasteiger partial charge in [-0.3, -0.25) is 14.6 Å². The van der Waals surface area contributed by atoms with Gasteiger partial charge in [0.25, 0.3) is 5.91 Å². The summed E-state index contributed by atoms with van der Waals surface area (Å²) < 4.78 is 0. The molecule has 0 bridgehead atoms. The van der Waals surface area contributed by atoms with Crippen LogP contribution in [0.5, 0.6) is 0 Å². The van der Waals surface area contributed by atoms with Gasteiger partial charge in [-0.25, -0.2) is 0 Å². The maximum absolute atomic E-state index is 12.5. The fourth-order valence-electron chi connectivity index (χ4n) is 2.88. The summed E-state index contributed by atoms with van der Waals surface area (Å²) in [4.78, 5) is 29.3. The van der Waals surface area contributed by atoms with Gasteiger partial charge in [-0.1, -0.05) is 6.92 Å². The number of pyridine rings is 1. The fourth-order valence-corrected chi connectivity index (χ4v) is 2.88. The summed E-state index contributed by atoms with van der Waals surface area (Å²) in [5.74, 6) is -0.421. The van der Waals surface area contributed by atoms with Crippen molar-refractivity contribution in [1.82, 2.24) is 9.88 Å². The lowest BCUT2D eigenvalue weighted by molar-refractivity contribution is -0.138. The van der Waals surface area contributed by atoms with Crippen molar-refractivity contribution in [1.29, 1.82) is 0 Å². The Kier molecular flexibility index (Phi) is 4.94. The summed E-state index contributed by atoms with van der Waals surface area (Å²) in [6, 6.07) is 3.64. The van der Waals surface area contributed by atoms with E-state index in [0.717, 1.165) is 25.1 Å². The molecule has 2 unspecified atom stereocenters. The van der Waals surface area contributed by atoms with Crippen LogP contribution in [0.25, 0.3) is 0 Å². The van der Waals surface area contributed by atoms with E-state index in [2.05, 4.69) is 4.98 Å². The number of hydrogen-bond donors (Lipinski definition) is 1. The first-order valence-corrected chi connectivity index (χ1v) is 7.41. The molecule has 1 N–H and O–H groups in total. The van der Waals surface area contributed by atoms with Crippen molar-refractivity contribution in [3.05, 3.63) is 29.6 Å². The summed E-state index contributed by atoms with van der Waals surface area (Å²) in [5, 5.41) is 8.90. The van der Waals surface area contributed by atoms with Gasteiger partial charge in [-0.15, -0.1) is 0 Å². The molecule has 1 saturated heterocycles. The Balaban J connectivity index is 2.01. The molecule has 2 atom stereocenters. The van der Waals surface area contributed by atoms with Gasteiger partial charge in [0.1, 0.15) is 0 Å². The minimum absolute atomic E-state index is 0.00488. The van der Waals surface area contributed by atoms with E-state index in [1.54, 1.807) is 12.3 Å². The first-order valence-electron chi connectivity index (χ1n) is 7.41. The molecular formula is C16H22N2O3. The number of amides is 1. The number of carbonyl (C=O) groups is 2. The van der Waals surface area contributed by atoms with Crippen LogP contribution in [0.3, 0.4) is 0 Å². The van der Waals surface area contributed by atoms with Crippen molar-refractivity contribution in [2.24, 2.45) is 11.8 Å². The van der Waals surface area contributed by atoms with Gasteiger partial charge in [0.2, 0.25) is 0 Å². The molecule has 21 heavy (non-hydrogen) atoms. The van der Waals surface area contributed by atoms with Crippen LogP contribution in [-0.4, -0.2) is 40.0 Å². The number of aromatic nitrogens is 1. The molecule has 5 nitrogen and oxygen atoms in total. The van der Waals surface area contributed by atoms with Gasteiger partial charge in [0.15, 0.2) is 0 Å². The van der Waals surface area contributed by atoms with E-state index in [-0.39, 0.29) is 24.2 Å². The van der Waals surface area contributed by atoms with Gasteiger partial charge in [-0.05, 0) is 43.7 Å². The van der Waals surface area contributed by atoms with E-state index < -0.39 is 5.97 Å². The Bertz CT molecular complexity index is 513. The second kappa shape index (κ2) is 6.70. The van der Waals surface area contributed by atoms with Gasteiger partial charge < -0.3 is 10.0 Å². The van der Waals surface area contributed by atoms with Crippen molar-refractivity contribution >= 4 is 11.9 Å². The zero-order valence-electron chi connectivity index (χ0n) is 12.6. The third-order valence-electron chi connectivity index (χ3n) is 4.20. The predicted octanol–water partition coefficient (Wildman–Crippen LogP) is 2.35. The normalized spacial score (nSPS) is 20.1. The predicted molar refractivity (Wildman–Crippen MR) is 79.0 cm³/mol. The molecule has 0 saturated carbocycles. The third kappa shape index (κ3) is 4.03. The number of nitrogens with zero attached hydrogens (tertiary/aromatic N) is 2. The van der Waals surface area contributed by atoms with E-state index in [0.29, 0.717) is 12.1 Å². The van der Waals surface area contributed by atoms with E-state index >= 15 is 0 Å². The zero-order chi connectivity index (χ0) is 15.4. The molecule has 0 radical (unpaired) electrons. The Labute approximate surface area is 125 Å². The topological polar surface area (TPSA) is 70.5 Å². The van der Waals surface area contributed by atoms with Gasteiger partial charge in [0, 0.05) is 31.4 Å². The second-order valence-corrected chi connectivity index (χ2v) is 5.92. The average molecular weight is 290 g/mol. The Morgan fingerprint density at radius 2 is 2.24 bits per heavy atom. The van der Waals surface area contributed by atoms with Crippen LogP contribution in [0.2, 0.25) is 0 Å². The first kappa shape index (κ1) is 15.5. The molecule has 1 aliphatic heterocycles. The van der Waals surface area contributed by atoms with E-state index in [1.165, 1.54) is 0 Å². The third-order valence-corrected chi connectivity index (χ3v) is 4.20. The summed E-state index contributed by atoms with van der Waals surface area (Å²) in [6.45, 7) is 5.23. The fraction of sp³-hybridized carbons (Fsp3) is 0.562. The van der Waals surface area contributed by atoms with Gasteiger partial charge >= 0.3 is 5.97 Å². The lowest BCUT2D eigenvalue weighted by atomic mass is 9.84. The summed E-state index contributed by atoms with van der Waals surface area (Å²) in [7, 11) is 0. The van der Waals surface area contributed by atoms with Crippen molar-refractivity contribution in [3.8, 4) is 0 Å². The maximum atomic E-state index is 12.5. The van der Waals surface area contributed by atoms with Crippen molar-refractivity contribution in [2.75, 3.05) is 13.1 Å². The van der Waals surface area contributed by atoms with Crippen LogP contribution in [0.1, 0.15) is 42.2 Å². The summed E-state index contributed by atoms with van der Waals surface area (Å²) in [5.41, 5.74) is 1.49. The summed E-state index contributed by atoms with van der Waals surface area (Å²) in [6.07, 6.45) is 3.70.